The molecule has 0 amide bonds. The number of fused-ring (bicyclic) bond motifs is 1. The molecule has 3 rings (SSSR count). The van der Waals surface area contributed by atoms with Gasteiger partial charge in [-0.2, -0.15) is 5.10 Å². The van der Waals surface area contributed by atoms with Gasteiger partial charge in [-0.25, -0.2) is 0 Å². The monoisotopic (exact) mass is 430 g/mol. The molecule has 0 spiro atoms. The van der Waals surface area contributed by atoms with E-state index in [1.165, 1.54) is 29.8 Å². The summed E-state index contributed by atoms with van der Waals surface area (Å²) >= 11 is 0. The van der Waals surface area contributed by atoms with E-state index in [-0.39, 0.29) is 6.61 Å². The first kappa shape index (κ1) is 23.6. The molecule has 0 saturated heterocycles. The van der Waals surface area contributed by atoms with Crippen LogP contribution in [0.3, 0.4) is 0 Å². The first-order valence-corrected chi connectivity index (χ1v) is 11.5. The van der Waals surface area contributed by atoms with E-state index in [2.05, 4.69) is 47.0 Å². The van der Waals surface area contributed by atoms with E-state index in [0.29, 0.717) is 18.0 Å². The second-order valence-corrected chi connectivity index (χ2v) is 8.44. The Kier molecular flexibility index (Phi) is 8.75. The number of ether oxygens (including phenoxy) is 2. The maximum Gasteiger partial charge on any atom is 0.161 e. The van der Waals surface area contributed by atoms with Crippen molar-refractivity contribution in [1.29, 1.82) is 0 Å². The SMILES string of the molecule is CCN(CC)CC(O)COc1ccc(CN(C)Cc2n[nH]c3c2CCCC3)cc1OC. The standard InChI is InChI=1S/C24H38N4O3/c1-5-28(6-2)15-19(29)17-31-23-12-11-18(13-24(23)30-4)14-27(3)16-22-20-9-7-8-10-21(20)25-26-22/h11-13,19,29H,5-10,14-17H2,1-4H3,(H,25,26). The van der Waals surface area contributed by atoms with Crippen LogP contribution in [-0.2, 0) is 25.9 Å². The highest BCUT2D eigenvalue weighted by molar-refractivity contribution is 5.43. The summed E-state index contributed by atoms with van der Waals surface area (Å²) in [5, 5.41) is 18.1. The van der Waals surface area contributed by atoms with Gasteiger partial charge in [0, 0.05) is 25.3 Å². The van der Waals surface area contributed by atoms with Gasteiger partial charge in [0.1, 0.15) is 12.7 Å². The largest absolute Gasteiger partial charge is 0.493 e. The Balaban J connectivity index is 1.56. The van der Waals surface area contributed by atoms with Gasteiger partial charge in [0.05, 0.1) is 12.8 Å². The van der Waals surface area contributed by atoms with Crippen molar-refractivity contribution >= 4 is 0 Å². The number of benzene rings is 1. The number of aliphatic hydroxyl groups is 1. The Morgan fingerprint density at radius 3 is 2.65 bits per heavy atom. The smallest absolute Gasteiger partial charge is 0.161 e. The fourth-order valence-electron chi connectivity index (χ4n) is 4.25. The van der Waals surface area contributed by atoms with Crippen LogP contribution >= 0.6 is 0 Å². The normalized spacial score (nSPS) is 14.7. The van der Waals surface area contributed by atoms with Crippen molar-refractivity contribution < 1.29 is 14.6 Å². The third-order valence-electron chi connectivity index (χ3n) is 6.04. The van der Waals surface area contributed by atoms with Crippen LogP contribution in [0, 0.1) is 0 Å². The summed E-state index contributed by atoms with van der Waals surface area (Å²) in [4.78, 5) is 4.45. The van der Waals surface area contributed by atoms with Crippen molar-refractivity contribution in [2.24, 2.45) is 0 Å². The van der Waals surface area contributed by atoms with Crippen molar-refractivity contribution in [3.8, 4) is 11.5 Å². The number of aromatic amines is 1. The van der Waals surface area contributed by atoms with Crippen molar-refractivity contribution in [3.05, 3.63) is 40.7 Å². The minimum absolute atomic E-state index is 0.246. The molecular formula is C24H38N4O3. The molecule has 2 aromatic rings. The molecule has 0 fully saturated rings. The molecule has 1 aliphatic carbocycles. The predicted octanol–water partition coefficient (Wildman–Crippen LogP) is 3.01. The topological polar surface area (TPSA) is 73.9 Å². The summed E-state index contributed by atoms with van der Waals surface area (Å²) in [6, 6.07) is 6.01. The maximum atomic E-state index is 10.3. The number of hydrogen-bond acceptors (Lipinski definition) is 6. The highest BCUT2D eigenvalue weighted by Crippen LogP contribution is 2.29. The lowest BCUT2D eigenvalue weighted by molar-refractivity contribution is 0.0705. The summed E-state index contributed by atoms with van der Waals surface area (Å²) in [7, 11) is 3.77. The van der Waals surface area contributed by atoms with Gasteiger partial charge in [-0.05, 0) is 69.1 Å². The number of aromatic nitrogens is 2. The Hall–Kier alpha value is -2.09. The van der Waals surface area contributed by atoms with E-state index in [9.17, 15) is 5.11 Å². The summed E-state index contributed by atoms with van der Waals surface area (Å²) in [5.41, 5.74) is 5.06. The zero-order chi connectivity index (χ0) is 22.2. The summed E-state index contributed by atoms with van der Waals surface area (Å²) in [6.07, 6.45) is 4.23. The molecule has 1 aromatic carbocycles. The third kappa shape index (κ3) is 6.45. The fourth-order valence-corrected chi connectivity index (χ4v) is 4.25. The van der Waals surface area contributed by atoms with E-state index in [1.807, 2.05) is 12.1 Å². The lowest BCUT2D eigenvalue weighted by Gasteiger charge is -2.22. The fraction of sp³-hybridized carbons (Fsp3) is 0.625. The molecule has 1 atom stereocenters. The molecule has 1 heterocycles. The molecule has 31 heavy (non-hydrogen) atoms. The van der Waals surface area contributed by atoms with Crippen LogP contribution in [0.15, 0.2) is 18.2 Å². The number of H-pyrrole nitrogens is 1. The van der Waals surface area contributed by atoms with E-state index < -0.39 is 6.10 Å². The van der Waals surface area contributed by atoms with E-state index in [0.717, 1.165) is 44.6 Å². The predicted molar refractivity (Wildman–Crippen MR) is 123 cm³/mol. The third-order valence-corrected chi connectivity index (χ3v) is 6.04. The van der Waals surface area contributed by atoms with Crippen molar-refractivity contribution in [2.75, 3.05) is 40.4 Å². The molecule has 1 aromatic heterocycles. The molecule has 7 nitrogen and oxygen atoms in total. The lowest BCUT2D eigenvalue weighted by atomic mass is 9.96. The van der Waals surface area contributed by atoms with Crippen molar-refractivity contribution in [1.82, 2.24) is 20.0 Å². The highest BCUT2D eigenvalue weighted by Gasteiger charge is 2.18. The van der Waals surface area contributed by atoms with Crippen LogP contribution in [0.25, 0.3) is 0 Å². The number of nitrogens with zero attached hydrogens (tertiary/aromatic N) is 3. The first-order valence-electron chi connectivity index (χ1n) is 11.5. The highest BCUT2D eigenvalue weighted by atomic mass is 16.5. The first-order chi connectivity index (χ1) is 15.0. The Labute approximate surface area is 186 Å². The Morgan fingerprint density at radius 2 is 1.90 bits per heavy atom. The lowest BCUT2D eigenvalue weighted by Crippen LogP contribution is -2.35. The second-order valence-electron chi connectivity index (χ2n) is 8.44. The van der Waals surface area contributed by atoms with Gasteiger partial charge in [-0.3, -0.25) is 10.00 Å². The number of likely N-dealkylation sites (N-methyl/N-ethyl adjacent to an activating group) is 1. The van der Waals surface area contributed by atoms with E-state index >= 15 is 0 Å². The maximum absolute atomic E-state index is 10.3. The van der Waals surface area contributed by atoms with Gasteiger partial charge >= 0.3 is 0 Å². The molecule has 0 radical (unpaired) electrons. The van der Waals surface area contributed by atoms with Gasteiger partial charge < -0.3 is 19.5 Å². The van der Waals surface area contributed by atoms with Crippen LogP contribution in [0.2, 0.25) is 0 Å². The molecule has 0 bridgehead atoms. The zero-order valence-corrected chi connectivity index (χ0v) is 19.5. The second kappa shape index (κ2) is 11.5. The number of aryl methyl sites for hydroxylation is 1. The van der Waals surface area contributed by atoms with Gasteiger partial charge in [-0.15, -0.1) is 0 Å². The van der Waals surface area contributed by atoms with Gasteiger partial charge in [0.2, 0.25) is 0 Å². The summed E-state index contributed by atoms with van der Waals surface area (Å²) in [5.74, 6) is 1.35. The molecule has 1 unspecified atom stereocenters. The minimum Gasteiger partial charge on any atom is -0.493 e. The van der Waals surface area contributed by atoms with Crippen LogP contribution in [-0.4, -0.2) is 71.6 Å². The molecule has 0 aliphatic heterocycles. The van der Waals surface area contributed by atoms with Gasteiger partial charge in [0.25, 0.3) is 0 Å². The van der Waals surface area contributed by atoms with E-state index in [1.54, 1.807) is 7.11 Å². The average Bonchev–Trinajstić information content (AvgIpc) is 3.19. The number of nitrogens with one attached hydrogen (secondary N) is 1. The quantitative estimate of drug-likeness (QED) is 0.539. The van der Waals surface area contributed by atoms with Gasteiger partial charge in [0.15, 0.2) is 11.5 Å². The van der Waals surface area contributed by atoms with Crippen molar-refractivity contribution in [3.63, 3.8) is 0 Å². The molecule has 2 N–H and O–H groups in total. The van der Waals surface area contributed by atoms with Crippen LogP contribution in [0.4, 0.5) is 0 Å². The van der Waals surface area contributed by atoms with Crippen LogP contribution in [0.1, 0.15) is 49.2 Å². The molecule has 172 valence electrons. The summed E-state index contributed by atoms with van der Waals surface area (Å²) < 4.78 is 11.4. The number of aliphatic hydroxyl groups excluding tert-OH is 1. The summed E-state index contributed by atoms with van der Waals surface area (Å²) in [6.45, 7) is 8.49. The minimum atomic E-state index is -0.532. The number of methoxy groups -OCH3 is 1. The number of rotatable bonds is 12. The molecule has 7 heteroatoms. The zero-order valence-electron chi connectivity index (χ0n) is 19.5. The molecule has 0 saturated carbocycles. The molecule has 1 aliphatic rings. The Bertz CT molecular complexity index is 819. The molecular weight excluding hydrogens is 392 g/mol. The van der Waals surface area contributed by atoms with Crippen LogP contribution < -0.4 is 9.47 Å². The van der Waals surface area contributed by atoms with Crippen LogP contribution in [0.5, 0.6) is 11.5 Å². The number of hydrogen-bond donors (Lipinski definition) is 2. The van der Waals surface area contributed by atoms with E-state index in [4.69, 9.17) is 9.47 Å². The van der Waals surface area contributed by atoms with Crippen molar-refractivity contribution in [2.45, 2.75) is 58.7 Å². The Morgan fingerprint density at radius 1 is 1.13 bits per heavy atom. The average molecular weight is 431 g/mol. The van der Waals surface area contributed by atoms with Gasteiger partial charge in [-0.1, -0.05) is 19.9 Å².